The quantitative estimate of drug-likeness (QED) is 0.793. The number of sulfonamides is 1. The highest BCUT2D eigenvalue weighted by atomic mass is 32.2. The van der Waals surface area contributed by atoms with Crippen molar-refractivity contribution < 1.29 is 13.2 Å². The Labute approximate surface area is 126 Å². The Balaban J connectivity index is 2.14. The molecule has 1 atom stereocenters. The molecule has 1 aliphatic rings. The molecule has 3 N–H and O–H groups in total. The molecule has 2 rings (SSSR count). The summed E-state index contributed by atoms with van der Waals surface area (Å²) in [6.07, 6.45) is 1.01. The van der Waals surface area contributed by atoms with Crippen molar-refractivity contribution in [3.63, 3.8) is 0 Å². The standard InChI is InChI=1S/C14H23N3O3S/c1-17-6-5-12(10-17)9-16-21(18,19)14-7-11(8-15)3-4-13(14)20-2/h3-4,7,12,16H,5-6,8-10,15H2,1-2H3. The van der Waals surface area contributed by atoms with E-state index >= 15 is 0 Å². The fraction of sp³-hybridized carbons (Fsp3) is 0.571. The Morgan fingerprint density at radius 1 is 1.48 bits per heavy atom. The number of nitrogens with zero attached hydrogens (tertiary/aromatic N) is 1. The monoisotopic (exact) mass is 313 g/mol. The van der Waals surface area contributed by atoms with Gasteiger partial charge in [-0.2, -0.15) is 0 Å². The van der Waals surface area contributed by atoms with Crippen LogP contribution in [0.4, 0.5) is 0 Å². The Bertz CT molecular complexity index is 589. The Morgan fingerprint density at radius 3 is 2.81 bits per heavy atom. The summed E-state index contributed by atoms with van der Waals surface area (Å²) < 4.78 is 32.8. The van der Waals surface area contributed by atoms with Crippen LogP contribution < -0.4 is 15.2 Å². The number of benzene rings is 1. The first-order valence-electron chi connectivity index (χ1n) is 7.01. The molecule has 1 saturated heterocycles. The fourth-order valence-electron chi connectivity index (χ4n) is 2.56. The van der Waals surface area contributed by atoms with Crippen LogP contribution in [0.3, 0.4) is 0 Å². The van der Waals surface area contributed by atoms with Gasteiger partial charge >= 0.3 is 0 Å². The lowest BCUT2D eigenvalue weighted by molar-refractivity contribution is 0.393. The maximum absolute atomic E-state index is 12.5. The first kappa shape index (κ1) is 16.2. The number of hydrogen-bond acceptors (Lipinski definition) is 5. The molecule has 0 radical (unpaired) electrons. The molecule has 1 aliphatic heterocycles. The topological polar surface area (TPSA) is 84.7 Å². The van der Waals surface area contributed by atoms with Gasteiger partial charge < -0.3 is 15.4 Å². The summed E-state index contributed by atoms with van der Waals surface area (Å²) in [5.41, 5.74) is 6.34. The maximum Gasteiger partial charge on any atom is 0.244 e. The van der Waals surface area contributed by atoms with E-state index in [0.29, 0.717) is 24.8 Å². The van der Waals surface area contributed by atoms with Crippen molar-refractivity contribution in [3.8, 4) is 5.75 Å². The minimum Gasteiger partial charge on any atom is -0.495 e. The van der Waals surface area contributed by atoms with Crippen molar-refractivity contribution in [1.29, 1.82) is 0 Å². The van der Waals surface area contributed by atoms with E-state index in [1.54, 1.807) is 18.2 Å². The van der Waals surface area contributed by atoms with Gasteiger partial charge in [0, 0.05) is 19.6 Å². The van der Waals surface area contributed by atoms with Gasteiger partial charge in [0.2, 0.25) is 10.0 Å². The van der Waals surface area contributed by atoms with Gasteiger partial charge in [-0.1, -0.05) is 6.07 Å². The highest BCUT2D eigenvalue weighted by Gasteiger charge is 2.24. The second-order valence-electron chi connectivity index (χ2n) is 5.46. The Hall–Kier alpha value is -1.15. The van der Waals surface area contributed by atoms with Crippen molar-refractivity contribution in [3.05, 3.63) is 23.8 Å². The smallest absolute Gasteiger partial charge is 0.244 e. The summed E-state index contributed by atoms with van der Waals surface area (Å²) in [7, 11) is -0.0850. The minimum absolute atomic E-state index is 0.152. The van der Waals surface area contributed by atoms with Gasteiger partial charge in [0.1, 0.15) is 10.6 Å². The van der Waals surface area contributed by atoms with Gasteiger partial charge in [0.05, 0.1) is 7.11 Å². The molecular weight excluding hydrogens is 290 g/mol. The normalized spacial score (nSPS) is 19.9. The molecule has 1 fully saturated rings. The number of nitrogens with one attached hydrogen (secondary N) is 1. The zero-order valence-corrected chi connectivity index (χ0v) is 13.3. The molecule has 1 aromatic carbocycles. The Kier molecular flexibility index (Phi) is 5.21. The second kappa shape index (κ2) is 6.74. The summed E-state index contributed by atoms with van der Waals surface area (Å²) >= 11 is 0. The number of methoxy groups -OCH3 is 1. The van der Waals surface area contributed by atoms with E-state index < -0.39 is 10.0 Å². The zero-order valence-electron chi connectivity index (χ0n) is 12.5. The molecule has 0 amide bonds. The predicted octanol–water partition coefficient (Wildman–Crippen LogP) is 0.384. The first-order valence-corrected chi connectivity index (χ1v) is 8.49. The summed E-state index contributed by atoms with van der Waals surface area (Å²) in [6, 6.07) is 4.98. The maximum atomic E-state index is 12.5. The van der Waals surface area contributed by atoms with Gasteiger partial charge in [-0.15, -0.1) is 0 Å². The van der Waals surface area contributed by atoms with Gasteiger partial charge in [0.15, 0.2) is 0 Å². The molecule has 21 heavy (non-hydrogen) atoms. The van der Waals surface area contributed by atoms with Crippen molar-refractivity contribution in [2.75, 3.05) is 33.8 Å². The molecule has 1 heterocycles. The van der Waals surface area contributed by atoms with Gasteiger partial charge in [-0.25, -0.2) is 13.1 Å². The van der Waals surface area contributed by atoms with E-state index in [-0.39, 0.29) is 4.90 Å². The van der Waals surface area contributed by atoms with Crippen LogP contribution in [0, 0.1) is 5.92 Å². The van der Waals surface area contributed by atoms with Crippen LogP contribution in [-0.4, -0.2) is 47.1 Å². The van der Waals surface area contributed by atoms with E-state index in [4.69, 9.17) is 10.5 Å². The lowest BCUT2D eigenvalue weighted by Crippen LogP contribution is -2.31. The third kappa shape index (κ3) is 3.94. The molecule has 6 nitrogen and oxygen atoms in total. The van der Waals surface area contributed by atoms with E-state index in [2.05, 4.69) is 9.62 Å². The van der Waals surface area contributed by atoms with Gasteiger partial charge in [-0.05, 0) is 43.6 Å². The van der Waals surface area contributed by atoms with E-state index in [0.717, 1.165) is 25.1 Å². The second-order valence-corrected chi connectivity index (χ2v) is 7.19. The summed E-state index contributed by atoms with van der Waals surface area (Å²) in [5, 5.41) is 0. The molecular formula is C14H23N3O3S. The summed E-state index contributed by atoms with van der Waals surface area (Å²) in [5.74, 6) is 0.691. The zero-order chi connectivity index (χ0) is 15.5. The highest BCUT2D eigenvalue weighted by Crippen LogP contribution is 2.25. The fourth-order valence-corrected chi connectivity index (χ4v) is 3.89. The van der Waals surface area contributed by atoms with E-state index in [1.807, 2.05) is 7.05 Å². The van der Waals surface area contributed by atoms with E-state index in [1.165, 1.54) is 7.11 Å². The Morgan fingerprint density at radius 2 is 2.24 bits per heavy atom. The molecule has 1 aromatic rings. The van der Waals surface area contributed by atoms with Crippen LogP contribution >= 0.6 is 0 Å². The number of hydrogen-bond donors (Lipinski definition) is 2. The highest BCUT2D eigenvalue weighted by molar-refractivity contribution is 7.89. The van der Waals surface area contributed by atoms with Crippen LogP contribution in [0.25, 0.3) is 0 Å². The predicted molar refractivity (Wildman–Crippen MR) is 81.7 cm³/mol. The number of likely N-dealkylation sites (tertiary alicyclic amines) is 1. The van der Waals surface area contributed by atoms with E-state index in [9.17, 15) is 8.42 Å². The lowest BCUT2D eigenvalue weighted by Gasteiger charge is -2.14. The molecule has 0 spiro atoms. The number of rotatable bonds is 6. The van der Waals surface area contributed by atoms with Crippen LogP contribution in [0.1, 0.15) is 12.0 Å². The summed E-state index contributed by atoms with van der Waals surface area (Å²) in [4.78, 5) is 2.36. The largest absolute Gasteiger partial charge is 0.495 e. The molecule has 0 saturated carbocycles. The molecule has 0 aliphatic carbocycles. The summed E-state index contributed by atoms with van der Waals surface area (Å²) in [6.45, 7) is 2.67. The molecule has 7 heteroatoms. The molecule has 118 valence electrons. The minimum atomic E-state index is -3.59. The van der Waals surface area contributed by atoms with Crippen molar-refractivity contribution in [2.24, 2.45) is 11.7 Å². The number of ether oxygens (including phenoxy) is 1. The molecule has 0 aromatic heterocycles. The lowest BCUT2D eigenvalue weighted by atomic mass is 10.1. The molecule has 1 unspecified atom stereocenters. The van der Waals surface area contributed by atoms with Crippen LogP contribution in [0.5, 0.6) is 5.75 Å². The van der Waals surface area contributed by atoms with Crippen molar-refractivity contribution >= 4 is 10.0 Å². The van der Waals surface area contributed by atoms with Crippen molar-refractivity contribution in [1.82, 2.24) is 9.62 Å². The average molecular weight is 313 g/mol. The van der Waals surface area contributed by atoms with Crippen molar-refractivity contribution in [2.45, 2.75) is 17.9 Å². The third-order valence-electron chi connectivity index (χ3n) is 3.80. The van der Waals surface area contributed by atoms with Gasteiger partial charge in [0.25, 0.3) is 0 Å². The first-order chi connectivity index (χ1) is 9.96. The number of nitrogens with two attached hydrogens (primary N) is 1. The molecule has 0 bridgehead atoms. The van der Waals surface area contributed by atoms with Crippen LogP contribution in [0.15, 0.2) is 23.1 Å². The third-order valence-corrected chi connectivity index (χ3v) is 5.25. The average Bonchev–Trinajstić information content (AvgIpc) is 2.90. The van der Waals surface area contributed by atoms with Crippen LogP contribution in [0.2, 0.25) is 0 Å². The SMILES string of the molecule is COc1ccc(CN)cc1S(=O)(=O)NCC1CCN(C)C1. The van der Waals surface area contributed by atoms with Gasteiger partial charge in [-0.3, -0.25) is 0 Å². The van der Waals surface area contributed by atoms with Crippen LogP contribution in [-0.2, 0) is 16.6 Å².